The topological polar surface area (TPSA) is 58.4 Å². The number of nitrogens with one attached hydrogen (secondary N) is 1. The second kappa shape index (κ2) is 7.17. The molecule has 0 heterocycles. The van der Waals surface area contributed by atoms with E-state index >= 15 is 0 Å². The third-order valence-corrected chi connectivity index (χ3v) is 3.03. The highest BCUT2D eigenvalue weighted by atomic mass is 32.2. The standard InChI is InChI=1S/C8H19N3OS/c1-4-7(8(12)10-9)13-6-5-11(2)3/h7H,4-6,9H2,1-3H3,(H,10,12). The Bertz CT molecular complexity index is 152. The Morgan fingerprint density at radius 3 is 2.62 bits per heavy atom. The summed E-state index contributed by atoms with van der Waals surface area (Å²) >= 11 is 1.65. The molecule has 1 atom stereocenters. The minimum Gasteiger partial charge on any atom is -0.309 e. The van der Waals surface area contributed by atoms with Crippen LogP contribution >= 0.6 is 11.8 Å². The van der Waals surface area contributed by atoms with Crippen LogP contribution in [-0.4, -0.2) is 42.4 Å². The molecule has 0 rings (SSSR count). The first-order valence-electron chi connectivity index (χ1n) is 4.38. The number of nitrogens with zero attached hydrogens (tertiary/aromatic N) is 1. The third kappa shape index (κ3) is 5.90. The number of carbonyl (C=O) groups excluding carboxylic acids is 1. The zero-order valence-corrected chi connectivity index (χ0v) is 9.36. The Balaban J connectivity index is 3.66. The highest BCUT2D eigenvalue weighted by Gasteiger charge is 2.14. The molecule has 0 bridgehead atoms. The summed E-state index contributed by atoms with van der Waals surface area (Å²) in [6.45, 7) is 2.97. The summed E-state index contributed by atoms with van der Waals surface area (Å²) in [6.07, 6.45) is 0.821. The molecule has 0 aliphatic heterocycles. The van der Waals surface area contributed by atoms with E-state index < -0.39 is 0 Å². The second-order valence-electron chi connectivity index (χ2n) is 3.08. The molecule has 0 aromatic carbocycles. The number of thioether (sulfide) groups is 1. The lowest BCUT2D eigenvalue weighted by Gasteiger charge is -2.14. The van der Waals surface area contributed by atoms with Crippen LogP contribution in [0.25, 0.3) is 0 Å². The average Bonchev–Trinajstić information content (AvgIpc) is 2.11. The van der Waals surface area contributed by atoms with Gasteiger partial charge in [-0.15, -0.1) is 11.8 Å². The number of hydrogen-bond donors (Lipinski definition) is 2. The molecule has 5 heteroatoms. The molecule has 4 nitrogen and oxygen atoms in total. The summed E-state index contributed by atoms with van der Waals surface area (Å²) in [5.41, 5.74) is 2.18. The quantitative estimate of drug-likeness (QED) is 0.365. The zero-order valence-electron chi connectivity index (χ0n) is 8.54. The van der Waals surface area contributed by atoms with Gasteiger partial charge in [0.1, 0.15) is 0 Å². The minimum atomic E-state index is -0.0775. The minimum absolute atomic E-state index is 0.00931. The van der Waals surface area contributed by atoms with Crippen molar-refractivity contribution >= 4 is 17.7 Å². The second-order valence-corrected chi connectivity index (χ2v) is 4.39. The fourth-order valence-corrected chi connectivity index (χ4v) is 2.06. The van der Waals surface area contributed by atoms with Gasteiger partial charge in [-0.3, -0.25) is 10.2 Å². The number of nitrogens with two attached hydrogens (primary N) is 1. The van der Waals surface area contributed by atoms with Gasteiger partial charge < -0.3 is 4.90 Å². The van der Waals surface area contributed by atoms with Gasteiger partial charge in [0.15, 0.2) is 0 Å². The molecule has 0 saturated heterocycles. The van der Waals surface area contributed by atoms with Crippen LogP contribution in [0.15, 0.2) is 0 Å². The number of rotatable bonds is 6. The fraction of sp³-hybridized carbons (Fsp3) is 0.875. The first-order valence-corrected chi connectivity index (χ1v) is 5.43. The van der Waals surface area contributed by atoms with Crippen LogP contribution < -0.4 is 11.3 Å². The lowest BCUT2D eigenvalue weighted by atomic mass is 10.3. The van der Waals surface area contributed by atoms with Crippen molar-refractivity contribution in [2.24, 2.45) is 5.84 Å². The van der Waals surface area contributed by atoms with E-state index in [0.717, 1.165) is 18.7 Å². The van der Waals surface area contributed by atoms with Crippen molar-refractivity contribution in [3.63, 3.8) is 0 Å². The van der Waals surface area contributed by atoms with Crippen molar-refractivity contribution in [3.05, 3.63) is 0 Å². The van der Waals surface area contributed by atoms with Crippen LogP contribution in [0.4, 0.5) is 0 Å². The summed E-state index contributed by atoms with van der Waals surface area (Å²) in [5, 5.41) is -0.00931. The van der Waals surface area contributed by atoms with E-state index in [0.29, 0.717) is 0 Å². The van der Waals surface area contributed by atoms with Crippen LogP contribution in [0.2, 0.25) is 0 Å². The summed E-state index contributed by atoms with van der Waals surface area (Å²) in [5.74, 6) is 5.94. The fourth-order valence-electron chi connectivity index (χ4n) is 0.849. The van der Waals surface area contributed by atoms with Crippen molar-refractivity contribution in [1.29, 1.82) is 0 Å². The maximum absolute atomic E-state index is 11.1. The monoisotopic (exact) mass is 205 g/mol. The van der Waals surface area contributed by atoms with Crippen LogP contribution in [0.3, 0.4) is 0 Å². The van der Waals surface area contributed by atoms with Gasteiger partial charge in [0.2, 0.25) is 5.91 Å². The van der Waals surface area contributed by atoms with Gasteiger partial charge in [-0.2, -0.15) is 0 Å². The average molecular weight is 205 g/mol. The van der Waals surface area contributed by atoms with Gasteiger partial charge in [0, 0.05) is 12.3 Å². The van der Waals surface area contributed by atoms with Gasteiger partial charge in [0.05, 0.1) is 5.25 Å². The molecule has 0 aliphatic rings. The van der Waals surface area contributed by atoms with Crippen molar-refractivity contribution in [2.45, 2.75) is 18.6 Å². The van der Waals surface area contributed by atoms with E-state index in [2.05, 4.69) is 10.3 Å². The van der Waals surface area contributed by atoms with Crippen LogP contribution in [0.1, 0.15) is 13.3 Å². The largest absolute Gasteiger partial charge is 0.309 e. The number of carbonyl (C=O) groups is 1. The Labute approximate surface area is 84.2 Å². The summed E-state index contributed by atoms with van der Waals surface area (Å²) < 4.78 is 0. The molecule has 0 fully saturated rings. The molecular weight excluding hydrogens is 186 g/mol. The number of amides is 1. The predicted octanol–water partition coefficient (Wildman–Crippen LogP) is 0.0497. The summed E-state index contributed by atoms with van der Waals surface area (Å²) in [7, 11) is 4.04. The first kappa shape index (κ1) is 12.7. The van der Waals surface area contributed by atoms with E-state index in [4.69, 9.17) is 5.84 Å². The molecule has 1 amide bonds. The molecular formula is C8H19N3OS. The predicted molar refractivity (Wildman–Crippen MR) is 57.4 cm³/mol. The lowest BCUT2D eigenvalue weighted by Crippen LogP contribution is -2.37. The van der Waals surface area contributed by atoms with Crippen molar-refractivity contribution in [1.82, 2.24) is 10.3 Å². The van der Waals surface area contributed by atoms with E-state index in [1.54, 1.807) is 11.8 Å². The molecule has 78 valence electrons. The Morgan fingerprint density at radius 2 is 2.23 bits per heavy atom. The molecule has 1 unspecified atom stereocenters. The maximum atomic E-state index is 11.1. The van der Waals surface area contributed by atoms with E-state index in [-0.39, 0.29) is 11.2 Å². The van der Waals surface area contributed by atoms with Gasteiger partial charge >= 0.3 is 0 Å². The molecule has 3 N–H and O–H groups in total. The highest BCUT2D eigenvalue weighted by Crippen LogP contribution is 2.13. The molecule has 0 aliphatic carbocycles. The van der Waals surface area contributed by atoms with Gasteiger partial charge in [-0.25, -0.2) is 5.84 Å². The molecule has 0 saturated carbocycles. The first-order chi connectivity index (χ1) is 6.11. The van der Waals surface area contributed by atoms with Crippen LogP contribution in [-0.2, 0) is 4.79 Å². The number of hydrazine groups is 1. The maximum Gasteiger partial charge on any atom is 0.246 e. The highest BCUT2D eigenvalue weighted by molar-refractivity contribution is 8.00. The third-order valence-electron chi connectivity index (χ3n) is 1.66. The Hall–Kier alpha value is -0.260. The number of hydrogen-bond acceptors (Lipinski definition) is 4. The molecule has 0 aromatic heterocycles. The lowest BCUT2D eigenvalue weighted by molar-refractivity contribution is -0.120. The molecule has 0 spiro atoms. The Morgan fingerprint density at radius 1 is 1.62 bits per heavy atom. The Kier molecular flexibility index (Phi) is 7.03. The van der Waals surface area contributed by atoms with Crippen molar-refractivity contribution < 1.29 is 4.79 Å². The van der Waals surface area contributed by atoms with Gasteiger partial charge in [-0.1, -0.05) is 6.92 Å². The smallest absolute Gasteiger partial charge is 0.246 e. The van der Waals surface area contributed by atoms with Crippen LogP contribution in [0, 0.1) is 0 Å². The van der Waals surface area contributed by atoms with E-state index in [9.17, 15) is 4.79 Å². The summed E-state index contributed by atoms with van der Waals surface area (Å²) in [6, 6.07) is 0. The van der Waals surface area contributed by atoms with Crippen LogP contribution in [0.5, 0.6) is 0 Å². The zero-order chi connectivity index (χ0) is 10.3. The normalized spacial score (nSPS) is 13.0. The molecule has 13 heavy (non-hydrogen) atoms. The van der Waals surface area contributed by atoms with E-state index in [1.807, 2.05) is 21.0 Å². The van der Waals surface area contributed by atoms with Crippen molar-refractivity contribution in [2.75, 3.05) is 26.4 Å². The van der Waals surface area contributed by atoms with Crippen molar-refractivity contribution in [3.8, 4) is 0 Å². The van der Waals surface area contributed by atoms with E-state index in [1.165, 1.54) is 0 Å². The van der Waals surface area contributed by atoms with Gasteiger partial charge in [0.25, 0.3) is 0 Å². The molecule has 0 aromatic rings. The summed E-state index contributed by atoms with van der Waals surface area (Å²) in [4.78, 5) is 13.2. The van der Waals surface area contributed by atoms with Gasteiger partial charge in [-0.05, 0) is 20.5 Å². The molecule has 0 radical (unpaired) electrons. The SMILES string of the molecule is CCC(SCCN(C)C)C(=O)NN.